The Kier molecular flexibility index (Phi) is 6.43. The monoisotopic (exact) mass is 474 g/mol. The van der Waals surface area contributed by atoms with E-state index in [0.717, 1.165) is 6.07 Å². The van der Waals surface area contributed by atoms with Crippen LogP contribution in [0.5, 0.6) is 0 Å². The minimum atomic E-state index is -4.13. The predicted molar refractivity (Wildman–Crippen MR) is 110 cm³/mol. The van der Waals surface area contributed by atoms with Gasteiger partial charge in [0.2, 0.25) is 0 Å². The Bertz CT molecular complexity index is 1060. The molecule has 1 aromatic carbocycles. The Labute approximate surface area is 186 Å². The van der Waals surface area contributed by atoms with Gasteiger partial charge in [0.05, 0.1) is 17.3 Å². The summed E-state index contributed by atoms with van der Waals surface area (Å²) in [6.45, 7) is 1.12. The quantitative estimate of drug-likeness (QED) is 0.553. The summed E-state index contributed by atoms with van der Waals surface area (Å²) in [4.78, 5) is 24.6. The average Bonchev–Trinajstić information content (AvgIpc) is 3.26. The molecule has 0 aliphatic heterocycles. The van der Waals surface area contributed by atoms with Gasteiger partial charge in [-0.3, -0.25) is 9.48 Å². The van der Waals surface area contributed by atoms with E-state index in [1.54, 1.807) is 0 Å². The third-order valence-corrected chi connectivity index (χ3v) is 5.81. The molecule has 1 fully saturated rings. The van der Waals surface area contributed by atoms with Gasteiger partial charge in [-0.2, -0.15) is 13.9 Å². The first-order valence-corrected chi connectivity index (χ1v) is 10.1. The highest BCUT2D eigenvalue weighted by Gasteiger charge is 2.62. The number of anilines is 2. The van der Waals surface area contributed by atoms with Crippen LogP contribution in [0.4, 0.5) is 24.7 Å². The minimum Gasteiger partial charge on any atom is -0.461 e. The molecule has 8 nitrogen and oxygen atoms in total. The van der Waals surface area contributed by atoms with Crippen molar-refractivity contribution in [2.24, 2.45) is 7.05 Å². The second-order valence-corrected chi connectivity index (χ2v) is 8.03. The van der Waals surface area contributed by atoms with E-state index in [1.807, 2.05) is 0 Å². The lowest BCUT2D eigenvalue weighted by molar-refractivity contribution is -0.212. The molecular weight excluding hydrogens is 453 g/mol. The van der Waals surface area contributed by atoms with Crippen LogP contribution in [0.15, 0.2) is 18.2 Å². The van der Waals surface area contributed by atoms with Crippen molar-refractivity contribution >= 4 is 35.0 Å². The highest BCUT2D eigenvalue weighted by Crippen LogP contribution is 2.49. The predicted octanol–water partition coefficient (Wildman–Crippen LogP) is 3.24. The molecule has 174 valence electrons. The van der Waals surface area contributed by atoms with Crippen molar-refractivity contribution in [3.05, 3.63) is 40.3 Å². The third-order valence-electron chi connectivity index (χ3n) is 5.52. The molecule has 12 heteroatoms. The zero-order chi connectivity index (χ0) is 23.8. The van der Waals surface area contributed by atoms with Crippen LogP contribution < -0.4 is 11.1 Å². The maximum absolute atomic E-state index is 14.6. The van der Waals surface area contributed by atoms with E-state index in [0.29, 0.717) is 0 Å². The number of hydrogen-bond acceptors (Lipinski definition) is 6. The molecule has 32 heavy (non-hydrogen) atoms. The number of rotatable bonds is 6. The number of halogens is 4. The lowest BCUT2D eigenvalue weighted by Gasteiger charge is -2.30. The Morgan fingerprint density at radius 2 is 2.16 bits per heavy atom. The van der Waals surface area contributed by atoms with Crippen LogP contribution in [-0.4, -0.2) is 44.9 Å². The van der Waals surface area contributed by atoms with E-state index in [-0.39, 0.29) is 40.8 Å². The first kappa shape index (κ1) is 23.9. The Hall–Kier alpha value is -2.79. The van der Waals surface area contributed by atoms with Gasteiger partial charge >= 0.3 is 11.9 Å². The molecule has 2 atom stereocenters. The number of nitrogens with zero attached hydrogens (tertiary/aromatic N) is 2. The van der Waals surface area contributed by atoms with Gasteiger partial charge in [-0.1, -0.05) is 11.6 Å². The summed E-state index contributed by atoms with van der Waals surface area (Å²) < 4.78 is 48.2. The molecule has 1 aliphatic carbocycles. The number of nitrogen functional groups attached to an aromatic ring is 1. The lowest BCUT2D eigenvalue weighted by atomic mass is 9.90. The zero-order valence-electron chi connectivity index (χ0n) is 17.3. The van der Waals surface area contributed by atoms with E-state index >= 15 is 0 Å². The second-order valence-electron chi connectivity index (χ2n) is 7.62. The van der Waals surface area contributed by atoms with Crippen molar-refractivity contribution < 1.29 is 32.6 Å². The number of alkyl halides is 2. The highest BCUT2D eigenvalue weighted by molar-refractivity contribution is 6.31. The molecule has 2 unspecified atom stereocenters. The van der Waals surface area contributed by atoms with Crippen molar-refractivity contribution in [3.63, 3.8) is 0 Å². The van der Waals surface area contributed by atoms with Gasteiger partial charge in [0, 0.05) is 18.7 Å². The molecule has 0 bridgehead atoms. The maximum Gasteiger partial charge on any atom is 0.380 e. The van der Waals surface area contributed by atoms with Crippen molar-refractivity contribution in [2.75, 3.05) is 17.7 Å². The number of ether oxygens (including phenoxy) is 1. The Balaban J connectivity index is 1.88. The number of aromatic nitrogens is 2. The van der Waals surface area contributed by atoms with Crippen LogP contribution >= 0.6 is 11.6 Å². The van der Waals surface area contributed by atoms with Gasteiger partial charge in [-0.25, -0.2) is 9.18 Å². The van der Waals surface area contributed by atoms with E-state index in [4.69, 9.17) is 17.3 Å². The van der Waals surface area contributed by atoms with Crippen molar-refractivity contribution in [1.29, 1.82) is 0 Å². The second kappa shape index (κ2) is 8.62. The molecule has 2 aromatic rings. The number of hydrogen-bond donors (Lipinski definition) is 3. The maximum atomic E-state index is 14.6. The fraction of sp³-hybridized carbons (Fsp3) is 0.450. The number of carbonyl (C=O) groups excluding carboxylic acids is 2. The largest absolute Gasteiger partial charge is 0.461 e. The first-order valence-electron chi connectivity index (χ1n) is 9.77. The Morgan fingerprint density at radius 3 is 2.78 bits per heavy atom. The SMILES string of the molecule is CCOC(=O)C(F)(F)C1(O)CCC(c2nn(C)c(N)c2C(=O)Nc2ccc(F)c(Cl)c2)C1. The molecule has 3 rings (SSSR count). The number of nitrogens with one attached hydrogen (secondary N) is 1. The van der Waals surface area contributed by atoms with Crippen LogP contribution in [0.3, 0.4) is 0 Å². The van der Waals surface area contributed by atoms with E-state index in [1.165, 1.54) is 30.8 Å². The number of aryl methyl sites for hydroxylation is 1. The average molecular weight is 475 g/mol. The topological polar surface area (TPSA) is 119 Å². The highest BCUT2D eigenvalue weighted by atomic mass is 35.5. The fourth-order valence-corrected chi connectivity index (χ4v) is 3.98. The van der Waals surface area contributed by atoms with Crippen molar-refractivity contribution in [1.82, 2.24) is 9.78 Å². The molecule has 1 heterocycles. The van der Waals surface area contributed by atoms with E-state index < -0.39 is 48.0 Å². The summed E-state index contributed by atoms with van der Waals surface area (Å²) in [5.74, 6) is -8.12. The van der Waals surface area contributed by atoms with Crippen LogP contribution in [0, 0.1) is 5.82 Å². The van der Waals surface area contributed by atoms with Crippen LogP contribution in [0.25, 0.3) is 0 Å². The summed E-state index contributed by atoms with van der Waals surface area (Å²) in [5.41, 5.74) is 3.55. The van der Waals surface area contributed by atoms with E-state index in [2.05, 4.69) is 15.2 Å². The van der Waals surface area contributed by atoms with Crippen molar-refractivity contribution in [3.8, 4) is 0 Å². The van der Waals surface area contributed by atoms with Gasteiger partial charge in [0.1, 0.15) is 22.8 Å². The minimum absolute atomic E-state index is 0.0294. The molecule has 1 saturated carbocycles. The number of nitrogens with two attached hydrogens (primary N) is 1. The molecular formula is C20H22ClF3N4O4. The van der Waals surface area contributed by atoms with Crippen LogP contribution in [0.1, 0.15) is 48.2 Å². The molecule has 0 radical (unpaired) electrons. The zero-order valence-corrected chi connectivity index (χ0v) is 18.0. The van der Waals surface area contributed by atoms with Gasteiger partial charge < -0.3 is 20.9 Å². The van der Waals surface area contributed by atoms with Gasteiger partial charge in [-0.15, -0.1) is 0 Å². The number of amides is 1. The van der Waals surface area contributed by atoms with Crippen LogP contribution in [0.2, 0.25) is 5.02 Å². The number of aliphatic hydroxyl groups is 1. The Morgan fingerprint density at radius 1 is 1.47 bits per heavy atom. The molecule has 0 spiro atoms. The first-order chi connectivity index (χ1) is 14.9. The summed E-state index contributed by atoms with van der Waals surface area (Å²) in [5, 5.41) is 17.1. The van der Waals surface area contributed by atoms with Gasteiger partial charge in [0.25, 0.3) is 5.91 Å². The fourth-order valence-electron chi connectivity index (χ4n) is 3.80. The summed E-state index contributed by atoms with van der Waals surface area (Å²) in [6.07, 6.45) is -0.906. The lowest BCUT2D eigenvalue weighted by Crippen LogP contribution is -2.52. The molecule has 1 amide bonds. The van der Waals surface area contributed by atoms with Gasteiger partial charge in [0.15, 0.2) is 0 Å². The molecule has 1 aliphatic rings. The normalized spacial score (nSPS) is 20.9. The summed E-state index contributed by atoms with van der Waals surface area (Å²) >= 11 is 5.73. The number of benzene rings is 1. The summed E-state index contributed by atoms with van der Waals surface area (Å²) in [6, 6.07) is 3.56. The van der Waals surface area contributed by atoms with Crippen molar-refractivity contribution in [2.45, 2.75) is 43.6 Å². The van der Waals surface area contributed by atoms with Crippen LogP contribution in [-0.2, 0) is 16.6 Å². The van der Waals surface area contributed by atoms with Gasteiger partial charge in [-0.05, 0) is 44.4 Å². The summed E-state index contributed by atoms with van der Waals surface area (Å²) in [7, 11) is 1.47. The van der Waals surface area contributed by atoms with E-state index in [9.17, 15) is 27.9 Å². The molecule has 1 aromatic heterocycles. The molecule has 0 saturated heterocycles. The standard InChI is InChI=1S/C20H22ClF3N4O4/c1-3-32-18(30)20(23,24)19(31)7-6-10(9-19)15-14(16(25)28(2)27-15)17(29)26-11-4-5-13(22)12(21)8-11/h4-5,8,10,31H,3,6-7,9,25H2,1-2H3,(H,26,29). The number of esters is 1. The third kappa shape index (κ3) is 4.14. The molecule has 4 N–H and O–H groups in total. The number of carbonyl (C=O) groups is 2. The smallest absolute Gasteiger partial charge is 0.380 e.